The molecule has 0 aromatic heterocycles. The van der Waals surface area contributed by atoms with Gasteiger partial charge >= 0.3 is 5.97 Å². The average Bonchev–Trinajstić information content (AvgIpc) is 2.30. The van der Waals surface area contributed by atoms with Gasteiger partial charge in [0.25, 0.3) is 0 Å². The molecule has 0 saturated heterocycles. The lowest BCUT2D eigenvalue weighted by atomic mass is 9.96. The van der Waals surface area contributed by atoms with Gasteiger partial charge in [-0.25, -0.2) is 0 Å². The zero-order valence-corrected chi connectivity index (χ0v) is 10.0. The highest BCUT2D eigenvalue weighted by Crippen LogP contribution is 2.05. The molecule has 0 saturated carbocycles. The summed E-state index contributed by atoms with van der Waals surface area (Å²) in [7, 11) is 0. The van der Waals surface area contributed by atoms with Crippen molar-refractivity contribution in [2.45, 2.75) is 25.8 Å². The third-order valence-electron chi connectivity index (χ3n) is 2.30. The van der Waals surface area contributed by atoms with Crippen LogP contribution < -0.4 is 16.8 Å². The fourth-order valence-corrected chi connectivity index (χ4v) is 1.21. The molecule has 0 spiro atoms. The highest BCUT2D eigenvalue weighted by molar-refractivity contribution is 6.03. The van der Waals surface area contributed by atoms with Crippen LogP contribution in [0.5, 0.6) is 0 Å². The van der Waals surface area contributed by atoms with Gasteiger partial charge in [0.1, 0.15) is 6.54 Å². The summed E-state index contributed by atoms with van der Waals surface area (Å²) in [5, 5.41) is 10.4. The molecule has 0 aliphatic carbocycles. The second kappa shape index (κ2) is 7.38. The van der Waals surface area contributed by atoms with Crippen LogP contribution in [0, 0.1) is 5.92 Å². The van der Waals surface area contributed by atoms with E-state index in [1.165, 1.54) is 6.92 Å². The molecular formula is C10H17N3O5. The van der Waals surface area contributed by atoms with Crippen LogP contribution in [-0.2, 0) is 19.2 Å². The van der Waals surface area contributed by atoms with Gasteiger partial charge in [0.05, 0.1) is 12.0 Å². The summed E-state index contributed by atoms with van der Waals surface area (Å²) >= 11 is 0. The number of hydrogen-bond acceptors (Lipinski definition) is 5. The van der Waals surface area contributed by atoms with E-state index in [1.54, 1.807) is 0 Å². The Hall–Kier alpha value is -1.96. The smallest absolute Gasteiger partial charge is 0.322 e. The summed E-state index contributed by atoms with van der Waals surface area (Å²) in [5.41, 5.74) is 10.4. The van der Waals surface area contributed by atoms with Crippen LogP contribution in [0.1, 0.15) is 19.8 Å². The van der Waals surface area contributed by atoms with Gasteiger partial charge in [-0.2, -0.15) is 0 Å². The van der Waals surface area contributed by atoms with Crippen LogP contribution in [0.15, 0.2) is 0 Å². The van der Waals surface area contributed by atoms with Crippen LogP contribution in [-0.4, -0.2) is 41.3 Å². The van der Waals surface area contributed by atoms with Gasteiger partial charge in [-0.1, -0.05) is 0 Å². The van der Waals surface area contributed by atoms with E-state index in [0.29, 0.717) is 0 Å². The summed E-state index contributed by atoms with van der Waals surface area (Å²) in [5.74, 6) is -4.12. The van der Waals surface area contributed by atoms with E-state index in [1.807, 2.05) is 0 Å². The second-order valence-electron chi connectivity index (χ2n) is 3.85. The number of carboxylic acid groups (broad SMARTS) is 1. The molecule has 2 atom stereocenters. The quantitative estimate of drug-likeness (QED) is 0.369. The Morgan fingerprint density at radius 3 is 2.28 bits per heavy atom. The highest BCUT2D eigenvalue weighted by atomic mass is 16.4. The van der Waals surface area contributed by atoms with Crippen LogP contribution in [0.2, 0.25) is 0 Å². The molecule has 102 valence electrons. The molecule has 0 rings (SSSR count). The number of Topliss-reactive ketones (excluding diaryl/α,β-unsaturated/α-hetero) is 1. The van der Waals surface area contributed by atoms with Crippen LogP contribution in [0.3, 0.4) is 0 Å². The van der Waals surface area contributed by atoms with Crippen molar-refractivity contribution in [3.63, 3.8) is 0 Å². The van der Waals surface area contributed by atoms with E-state index in [4.69, 9.17) is 16.6 Å². The number of carbonyl (C=O) groups excluding carboxylic acids is 3. The Bertz CT molecular complexity index is 355. The van der Waals surface area contributed by atoms with Crippen molar-refractivity contribution in [3.8, 4) is 0 Å². The summed E-state index contributed by atoms with van der Waals surface area (Å²) < 4.78 is 0. The van der Waals surface area contributed by atoms with Crippen molar-refractivity contribution in [2.24, 2.45) is 17.4 Å². The van der Waals surface area contributed by atoms with Gasteiger partial charge in [-0.15, -0.1) is 0 Å². The summed E-state index contributed by atoms with van der Waals surface area (Å²) in [6.07, 6.45) is 0.0150. The largest absolute Gasteiger partial charge is 0.480 e. The van der Waals surface area contributed by atoms with Crippen molar-refractivity contribution in [2.75, 3.05) is 6.54 Å². The first kappa shape index (κ1) is 16.0. The molecule has 0 aliphatic rings. The molecule has 0 radical (unpaired) electrons. The molecule has 8 heteroatoms. The number of carbonyl (C=O) groups is 4. The lowest BCUT2D eigenvalue weighted by molar-refractivity contribution is -0.140. The number of aliphatic carboxylic acids is 1. The second-order valence-corrected chi connectivity index (χ2v) is 3.85. The molecule has 0 aromatic rings. The van der Waals surface area contributed by atoms with Gasteiger partial charge in [0.15, 0.2) is 5.78 Å². The third kappa shape index (κ3) is 5.94. The lowest BCUT2D eigenvalue weighted by Crippen LogP contribution is -2.43. The van der Waals surface area contributed by atoms with E-state index in [9.17, 15) is 19.2 Å². The third-order valence-corrected chi connectivity index (χ3v) is 2.30. The standard InChI is InChI=1S/C10H17N3O5/c1-5(10(18)13-4-8(15)16)9(17)6(11)2-3-7(12)14/h5-6H,2-4,11H2,1H3,(H2,12,14)(H,13,18)(H,15,16)/t5?,6-/m0/s1. The van der Waals surface area contributed by atoms with Crippen molar-refractivity contribution >= 4 is 23.6 Å². The molecule has 0 fully saturated rings. The van der Waals surface area contributed by atoms with Gasteiger partial charge in [-0.05, 0) is 13.3 Å². The van der Waals surface area contributed by atoms with E-state index in [0.717, 1.165) is 0 Å². The minimum Gasteiger partial charge on any atom is -0.480 e. The fraction of sp³-hybridized carbons (Fsp3) is 0.600. The predicted octanol–water partition coefficient (Wildman–Crippen LogP) is -2.01. The molecule has 0 bridgehead atoms. The maximum absolute atomic E-state index is 11.7. The normalized spacial score (nSPS) is 13.4. The van der Waals surface area contributed by atoms with Crippen molar-refractivity contribution < 1.29 is 24.3 Å². The molecule has 1 unspecified atom stereocenters. The minimum absolute atomic E-state index is 0.0453. The summed E-state index contributed by atoms with van der Waals surface area (Å²) in [6, 6.07) is -0.969. The number of amides is 2. The molecule has 2 amide bonds. The Labute approximate surface area is 104 Å². The fourth-order valence-electron chi connectivity index (χ4n) is 1.21. The number of rotatable bonds is 8. The predicted molar refractivity (Wildman–Crippen MR) is 61.2 cm³/mol. The average molecular weight is 259 g/mol. The van der Waals surface area contributed by atoms with Crippen LogP contribution in [0.25, 0.3) is 0 Å². The Balaban J connectivity index is 4.26. The maximum Gasteiger partial charge on any atom is 0.322 e. The number of carboxylic acids is 1. The maximum atomic E-state index is 11.7. The molecule has 8 nitrogen and oxygen atoms in total. The molecule has 18 heavy (non-hydrogen) atoms. The monoisotopic (exact) mass is 259 g/mol. The van der Waals surface area contributed by atoms with E-state index < -0.39 is 42.1 Å². The van der Waals surface area contributed by atoms with Crippen LogP contribution in [0.4, 0.5) is 0 Å². The highest BCUT2D eigenvalue weighted by Gasteiger charge is 2.26. The first-order valence-electron chi connectivity index (χ1n) is 5.32. The molecule has 0 aliphatic heterocycles. The first-order valence-corrected chi connectivity index (χ1v) is 5.32. The zero-order chi connectivity index (χ0) is 14.3. The first-order chi connectivity index (χ1) is 8.25. The van der Waals surface area contributed by atoms with Crippen molar-refractivity contribution in [3.05, 3.63) is 0 Å². The lowest BCUT2D eigenvalue weighted by Gasteiger charge is -2.15. The molecular weight excluding hydrogens is 242 g/mol. The van der Waals surface area contributed by atoms with Gasteiger partial charge in [-0.3, -0.25) is 19.2 Å². The van der Waals surface area contributed by atoms with Gasteiger partial charge in [0, 0.05) is 6.42 Å². The van der Waals surface area contributed by atoms with E-state index in [-0.39, 0.29) is 12.8 Å². The molecule has 0 heterocycles. The topological polar surface area (TPSA) is 153 Å². The van der Waals surface area contributed by atoms with Crippen molar-refractivity contribution in [1.29, 1.82) is 0 Å². The van der Waals surface area contributed by atoms with Gasteiger partial charge < -0.3 is 21.9 Å². The number of primary amides is 1. The Morgan fingerprint density at radius 2 is 1.83 bits per heavy atom. The van der Waals surface area contributed by atoms with Crippen LogP contribution >= 0.6 is 0 Å². The molecule has 6 N–H and O–H groups in total. The van der Waals surface area contributed by atoms with Gasteiger partial charge in [0.2, 0.25) is 11.8 Å². The zero-order valence-electron chi connectivity index (χ0n) is 10.0. The SMILES string of the molecule is CC(C(=O)NCC(=O)O)C(=O)[C@@H](N)CCC(N)=O. The van der Waals surface area contributed by atoms with E-state index in [2.05, 4.69) is 5.32 Å². The number of hydrogen-bond donors (Lipinski definition) is 4. The van der Waals surface area contributed by atoms with E-state index >= 15 is 0 Å². The van der Waals surface area contributed by atoms with Crippen molar-refractivity contribution in [1.82, 2.24) is 5.32 Å². The molecule has 0 aromatic carbocycles. The Morgan fingerprint density at radius 1 is 1.28 bits per heavy atom. The summed E-state index contributed by atoms with van der Waals surface area (Å²) in [4.78, 5) is 43.8. The summed E-state index contributed by atoms with van der Waals surface area (Å²) in [6.45, 7) is 0.761. The minimum atomic E-state index is -1.21. The number of nitrogens with one attached hydrogen (secondary N) is 1. The number of nitrogens with two attached hydrogens (primary N) is 2. The number of ketones is 1. The Kier molecular flexibility index (Phi) is 6.58.